The minimum absolute atomic E-state index is 0.392. The molecule has 4 nitrogen and oxygen atoms in total. The van der Waals surface area contributed by atoms with Crippen molar-refractivity contribution in [3.63, 3.8) is 0 Å². The molecule has 22 heavy (non-hydrogen) atoms. The third kappa shape index (κ3) is 2.64. The maximum absolute atomic E-state index is 12.3. The normalized spacial score (nSPS) is 10.2. The van der Waals surface area contributed by atoms with Gasteiger partial charge in [0.25, 0.3) is 0 Å². The van der Waals surface area contributed by atoms with Crippen LogP contribution in [0.4, 0.5) is 0 Å². The van der Waals surface area contributed by atoms with Gasteiger partial charge in [-0.05, 0) is 31.0 Å². The van der Waals surface area contributed by atoms with Gasteiger partial charge in [0.1, 0.15) is 11.5 Å². The Morgan fingerprint density at radius 2 is 1.64 bits per heavy atom. The van der Waals surface area contributed by atoms with Crippen LogP contribution in [0.5, 0.6) is 11.5 Å². The summed E-state index contributed by atoms with van der Waals surface area (Å²) < 4.78 is 16.0. The van der Waals surface area contributed by atoms with E-state index in [1.54, 1.807) is 14.2 Å². The SMILES string of the molecule is COC(=O)c1c(C)cc(C)c(OC)c1-c1ccccc1OC. The first-order valence-electron chi connectivity index (χ1n) is 6.95. The molecule has 0 saturated carbocycles. The molecule has 0 saturated heterocycles. The Morgan fingerprint density at radius 1 is 0.955 bits per heavy atom. The number of aryl methyl sites for hydroxylation is 2. The standard InChI is InChI=1S/C18H20O4/c1-11-10-12(2)17(21-4)16(15(11)18(19)22-5)13-8-6-7-9-14(13)20-3/h6-10H,1-5H3. The molecule has 0 aliphatic rings. The summed E-state index contributed by atoms with van der Waals surface area (Å²) in [6.45, 7) is 3.84. The van der Waals surface area contributed by atoms with Crippen LogP contribution in [0.25, 0.3) is 11.1 Å². The average Bonchev–Trinajstić information content (AvgIpc) is 2.53. The van der Waals surface area contributed by atoms with E-state index in [0.717, 1.165) is 16.7 Å². The van der Waals surface area contributed by atoms with Crippen molar-refractivity contribution in [2.75, 3.05) is 21.3 Å². The van der Waals surface area contributed by atoms with Gasteiger partial charge >= 0.3 is 5.97 Å². The molecule has 116 valence electrons. The Kier molecular flexibility index (Phi) is 4.71. The minimum atomic E-state index is -0.392. The van der Waals surface area contributed by atoms with E-state index < -0.39 is 5.97 Å². The van der Waals surface area contributed by atoms with E-state index in [2.05, 4.69) is 0 Å². The third-order valence-electron chi connectivity index (χ3n) is 3.63. The Bertz CT molecular complexity index is 704. The molecule has 0 N–H and O–H groups in total. The first kappa shape index (κ1) is 15.9. The zero-order valence-corrected chi connectivity index (χ0v) is 13.5. The number of para-hydroxylation sites is 1. The number of methoxy groups -OCH3 is 3. The van der Waals surface area contributed by atoms with Crippen LogP contribution in [0.3, 0.4) is 0 Å². The summed E-state index contributed by atoms with van der Waals surface area (Å²) in [6.07, 6.45) is 0. The number of ether oxygens (including phenoxy) is 3. The van der Waals surface area contributed by atoms with E-state index >= 15 is 0 Å². The molecule has 0 spiro atoms. The predicted octanol–water partition coefficient (Wildman–Crippen LogP) is 3.77. The van der Waals surface area contributed by atoms with Crippen molar-refractivity contribution >= 4 is 5.97 Å². The Labute approximate surface area is 130 Å². The average molecular weight is 300 g/mol. The van der Waals surface area contributed by atoms with Gasteiger partial charge in [-0.15, -0.1) is 0 Å². The van der Waals surface area contributed by atoms with Crippen molar-refractivity contribution in [1.82, 2.24) is 0 Å². The highest BCUT2D eigenvalue weighted by molar-refractivity contribution is 6.02. The largest absolute Gasteiger partial charge is 0.496 e. The van der Waals surface area contributed by atoms with Gasteiger partial charge in [0.05, 0.1) is 26.9 Å². The van der Waals surface area contributed by atoms with Gasteiger partial charge in [-0.1, -0.05) is 24.3 Å². The van der Waals surface area contributed by atoms with Crippen molar-refractivity contribution in [3.8, 4) is 22.6 Å². The van der Waals surface area contributed by atoms with Gasteiger partial charge in [-0.3, -0.25) is 0 Å². The van der Waals surface area contributed by atoms with Gasteiger partial charge in [-0.25, -0.2) is 4.79 Å². The van der Waals surface area contributed by atoms with Crippen molar-refractivity contribution in [1.29, 1.82) is 0 Å². The molecule has 0 heterocycles. The first-order valence-corrected chi connectivity index (χ1v) is 6.95. The van der Waals surface area contributed by atoms with E-state index in [0.29, 0.717) is 22.6 Å². The number of hydrogen-bond donors (Lipinski definition) is 0. The predicted molar refractivity (Wildman–Crippen MR) is 85.8 cm³/mol. The molecule has 0 fully saturated rings. The van der Waals surface area contributed by atoms with Gasteiger partial charge in [0.2, 0.25) is 0 Å². The van der Waals surface area contributed by atoms with E-state index in [-0.39, 0.29) is 0 Å². The van der Waals surface area contributed by atoms with Crippen LogP contribution in [0.15, 0.2) is 30.3 Å². The summed E-state index contributed by atoms with van der Waals surface area (Å²) in [5.74, 6) is 0.933. The molecule has 0 aliphatic carbocycles. The fourth-order valence-electron chi connectivity index (χ4n) is 2.71. The van der Waals surface area contributed by atoms with Crippen molar-refractivity contribution in [2.24, 2.45) is 0 Å². The van der Waals surface area contributed by atoms with Gasteiger partial charge < -0.3 is 14.2 Å². The van der Waals surface area contributed by atoms with Gasteiger partial charge in [0.15, 0.2) is 0 Å². The second kappa shape index (κ2) is 6.52. The molecule has 0 aromatic heterocycles. The fourth-order valence-corrected chi connectivity index (χ4v) is 2.71. The molecule has 0 unspecified atom stereocenters. The summed E-state index contributed by atoms with van der Waals surface area (Å²) >= 11 is 0. The van der Waals surface area contributed by atoms with Crippen LogP contribution in [0, 0.1) is 13.8 Å². The topological polar surface area (TPSA) is 44.8 Å². The van der Waals surface area contributed by atoms with Crippen LogP contribution >= 0.6 is 0 Å². The second-order valence-electron chi connectivity index (χ2n) is 4.99. The van der Waals surface area contributed by atoms with Crippen molar-refractivity contribution in [3.05, 3.63) is 47.0 Å². The number of hydrogen-bond acceptors (Lipinski definition) is 4. The molecule has 2 aromatic rings. The zero-order valence-electron chi connectivity index (χ0n) is 13.5. The Morgan fingerprint density at radius 3 is 2.23 bits per heavy atom. The number of benzene rings is 2. The maximum atomic E-state index is 12.3. The Hall–Kier alpha value is -2.49. The smallest absolute Gasteiger partial charge is 0.338 e. The molecule has 2 rings (SSSR count). The van der Waals surface area contributed by atoms with Crippen LogP contribution in [0.2, 0.25) is 0 Å². The monoisotopic (exact) mass is 300 g/mol. The van der Waals surface area contributed by atoms with E-state index in [1.165, 1.54) is 7.11 Å². The zero-order chi connectivity index (χ0) is 16.3. The van der Waals surface area contributed by atoms with E-state index in [4.69, 9.17) is 14.2 Å². The maximum Gasteiger partial charge on any atom is 0.338 e. The van der Waals surface area contributed by atoms with Crippen LogP contribution in [-0.2, 0) is 4.74 Å². The second-order valence-corrected chi connectivity index (χ2v) is 4.99. The van der Waals surface area contributed by atoms with Crippen LogP contribution < -0.4 is 9.47 Å². The number of esters is 1. The van der Waals surface area contributed by atoms with Crippen molar-refractivity contribution < 1.29 is 19.0 Å². The molecule has 0 atom stereocenters. The summed E-state index contributed by atoms with van der Waals surface area (Å²) in [5.41, 5.74) is 3.78. The highest BCUT2D eigenvalue weighted by Crippen LogP contribution is 2.42. The molecule has 0 aliphatic heterocycles. The lowest BCUT2D eigenvalue weighted by Crippen LogP contribution is -2.09. The van der Waals surface area contributed by atoms with Crippen LogP contribution in [-0.4, -0.2) is 27.3 Å². The third-order valence-corrected chi connectivity index (χ3v) is 3.63. The highest BCUT2D eigenvalue weighted by Gasteiger charge is 2.24. The summed E-state index contributed by atoms with van der Waals surface area (Å²) in [6, 6.07) is 9.46. The molecular weight excluding hydrogens is 280 g/mol. The summed E-state index contributed by atoms with van der Waals surface area (Å²) in [4.78, 5) is 12.3. The number of carbonyl (C=O) groups is 1. The molecule has 0 radical (unpaired) electrons. The van der Waals surface area contributed by atoms with E-state index in [9.17, 15) is 4.79 Å². The van der Waals surface area contributed by atoms with Crippen molar-refractivity contribution in [2.45, 2.75) is 13.8 Å². The lowest BCUT2D eigenvalue weighted by atomic mass is 9.91. The van der Waals surface area contributed by atoms with Crippen LogP contribution in [0.1, 0.15) is 21.5 Å². The van der Waals surface area contributed by atoms with E-state index in [1.807, 2.05) is 44.2 Å². The molecular formula is C18H20O4. The number of rotatable bonds is 4. The molecule has 2 aromatic carbocycles. The molecule has 0 bridgehead atoms. The van der Waals surface area contributed by atoms with Gasteiger partial charge in [0, 0.05) is 11.1 Å². The number of carbonyl (C=O) groups excluding carboxylic acids is 1. The lowest BCUT2D eigenvalue weighted by molar-refractivity contribution is 0.0600. The van der Waals surface area contributed by atoms with Gasteiger partial charge in [-0.2, -0.15) is 0 Å². The highest BCUT2D eigenvalue weighted by atomic mass is 16.5. The fraction of sp³-hybridized carbons (Fsp3) is 0.278. The summed E-state index contributed by atoms with van der Waals surface area (Å²) in [5, 5.41) is 0. The first-order chi connectivity index (χ1) is 10.5. The molecule has 0 amide bonds. The lowest BCUT2D eigenvalue weighted by Gasteiger charge is -2.19. The minimum Gasteiger partial charge on any atom is -0.496 e. The quantitative estimate of drug-likeness (QED) is 0.806. The Balaban J connectivity index is 2.90. The summed E-state index contributed by atoms with van der Waals surface area (Å²) in [7, 11) is 4.57. The molecule has 4 heteroatoms.